The number of amides is 1. The molecule has 1 amide bonds. The molecule has 0 unspecified atom stereocenters. The molecule has 0 aliphatic heterocycles. The molecule has 194 valence electrons. The summed E-state index contributed by atoms with van der Waals surface area (Å²) in [7, 11) is 1.65. The van der Waals surface area contributed by atoms with Crippen LogP contribution in [0.15, 0.2) is 72.8 Å². The van der Waals surface area contributed by atoms with Crippen molar-refractivity contribution in [3.05, 3.63) is 95.1 Å². The van der Waals surface area contributed by atoms with E-state index in [0.717, 1.165) is 41.5 Å². The SMILES string of the molecule is CCC(C)(CC)N(C(=O)c1ccccc1C)c1ccc(OC)cc1.CCc1ccccc1C(F)(F)F. The van der Waals surface area contributed by atoms with Crippen LogP contribution in [0.1, 0.15) is 67.6 Å². The highest BCUT2D eigenvalue weighted by Gasteiger charge is 2.35. The van der Waals surface area contributed by atoms with Gasteiger partial charge in [0.2, 0.25) is 0 Å². The summed E-state index contributed by atoms with van der Waals surface area (Å²) in [5.74, 6) is 0.834. The molecule has 36 heavy (non-hydrogen) atoms. The number of hydrogen-bond donors (Lipinski definition) is 0. The maximum atomic E-state index is 13.4. The van der Waals surface area contributed by atoms with Gasteiger partial charge in [-0.15, -0.1) is 0 Å². The third-order valence-electron chi connectivity index (χ3n) is 6.68. The van der Waals surface area contributed by atoms with Crippen molar-refractivity contribution in [1.29, 1.82) is 0 Å². The van der Waals surface area contributed by atoms with Crippen LogP contribution in [0.25, 0.3) is 0 Å². The van der Waals surface area contributed by atoms with Gasteiger partial charge in [0.1, 0.15) is 5.75 Å². The predicted molar refractivity (Wildman–Crippen MR) is 141 cm³/mol. The number of benzene rings is 3. The molecule has 0 radical (unpaired) electrons. The zero-order valence-electron chi connectivity index (χ0n) is 21.9. The highest BCUT2D eigenvalue weighted by atomic mass is 19.4. The Hall–Kier alpha value is -3.28. The number of carbonyl (C=O) groups excluding carboxylic acids is 1. The van der Waals surface area contributed by atoms with E-state index in [1.807, 2.05) is 60.4 Å². The second kappa shape index (κ2) is 12.6. The van der Waals surface area contributed by atoms with Crippen LogP contribution in [0.3, 0.4) is 0 Å². The zero-order valence-corrected chi connectivity index (χ0v) is 21.9. The van der Waals surface area contributed by atoms with E-state index in [0.29, 0.717) is 12.0 Å². The topological polar surface area (TPSA) is 29.5 Å². The smallest absolute Gasteiger partial charge is 0.416 e. The Balaban J connectivity index is 0.000000319. The fourth-order valence-electron chi connectivity index (χ4n) is 4.01. The number of aryl methyl sites for hydroxylation is 2. The number of halogens is 3. The normalized spacial score (nSPS) is 11.4. The highest BCUT2D eigenvalue weighted by molar-refractivity contribution is 6.08. The van der Waals surface area contributed by atoms with Crippen molar-refractivity contribution in [2.75, 3.05) is 12.0 Å². The van der Waals surface area contributed by atoms with Crippen LogP contribution < -0.4 is 9.64 Å². The number of ether oxygens (including phenoxy) is 1. The Labute approximate surface area is 212 Å². The molecule has 3 aromatic rings. The molecule has 0 heterocycles. The molecule has 3 nitrogen and oxygen atoms in total. The lowest BCUT2D eigenvalue weighted by Crippen LogP contribution is -2.49. The van der Waals surface area contributed by atoms with Gasteiger partial charge in [-0.25, -0.2) is 0 Å². The Morgan fingerprint density at radius 2 is 1.42 bits per heavy atom. The van der Waals surface area contributed by atoms with Gasteiger partial charge in [-0.3, -0.25) is 4.79 Å². The van der Waals surface area contributed by atoms with E-state index < -0.39 is 11.7 Å². The summed E-state index contributed by atoms with van der Waals surface area (Å²) in [6.07, 6.45) is -2.04. The average Bonchev–Trinajstić information content (AvgIpc) is 2.89. The van der Waals surface area contributed by atoms with Crippen LogP contribution in [0.2, 0.25) is 0 Å². The number of carbonyl (C=O) groups is 1. The minimum atomic E-state index is -4.22. The van der Waals surface area contributed by atoms with Crippen LogP contribution in [-0.2, 0) is 12.6 Å². The maximum absolute atomic E-state index is 13.4. The van der Waals surface area contributed by atoms with E-state index in [1.54, 1.807) is 20.1 Å². The molecule has 0 atom stereocenters. The van der Waals surface area contributed by atoms with Crippen molar-refractivity contribution in [3.63, 3.8) is 0 Å². The molecule has 0 fully saturated rings. The summed E-state index contributed by atoms with van der Waals surface area (Å²) in [6, 6.07) is 21.1. The molecule has 0 spiro atoms. The Morgan fingerprint density at radius 1 is 0.861 bits per heavy atom. The largest absolute Gasteiger partial charge is 0.497 e. The summed E-state index contributed by atoms with van der Waals surface area (Å²) in [4.78, 5) is 15.3. The average molecular weight is 500 g/mol. The van der Waals surface area contributed by atoms with Crippen molar-refractivity contribution in [1.82, 2.24) is 0 Å². The summed E-state index contributed by atoms with van der Waals surface area (Å²) in [5, 5.41) is 0. The van der Waals surface area contributed by atoms with Crippen molar-refractivity contribution < 1.29 is 22.7 Å². The van der Waals surface area contributed by atoms with Gasteiger partial charge in [0.05, 0.1) is 12.7 Å². The van der Waals surface area contributed by atoms with Crippen molar-refractivity contribution in [2.45, 2.75) is 65.6 Å². The molecule has 0 N–H and O–H groups in total. The summed E-state index contributed by atoms with van der Waals surface area (Å²) in [5.41, 5.74) is 2.23. The van der Waals surface area contributed by atoms with E-state index in [9.17, 15) is 18.0 Å². The molecule has 0 saturated heterocycles. The van der Waals surface area contributed by atoms with Gasteiger partial charge in [0.15, 0.2) is 0 Å². The number of alkyl halides is 3. The third-order valence-corrected chi connectivity index (χ3v) is 6.68. The summed E-state index contributed by atoms with van der Waals surface area (Å²) < 4.78 is 42.0. The first-order valence-electron chi connectivity index (χ1n) is 12.2. The molecule has 3 aromatic carbocycles. The Bertz CT molecular complexity index is 1120. The highest BCUT2D eigenvalue weighted by Crippen LogP contribution is 2.33. The second-order valence-corrected chi connectivity index (χ2v) is 8.87. The van der Waals surface area contributed by atoms with Gasteiger partial charge in [-0.1, -0.05) is 57.2 Å². The third kappa shape index (κ3) is 6.90. The molecular weight excluding hydrogens is 463 g/mol. The van der Waals surface area contributed by atoms with Crippen LogP contribution >= 0.6 is 0 Å². The van der Waals surface area contributed by atoms with E-state index >= 15 is 0 Å². The summed E-state index contributed by atoms with van der Waals surface area (Å²) >= 11 is 0. The standard InChI is InChI=1S/C21H27NO2.C9H9F3/c1-6-21(4,7-2)22(17-12-14-18(24-5)15-13-17)20(23)19-11-9-8-10-16(19)3;1-2-7-5-3-4-6-8(7)9(10,11)12/h8-15H,6-7H2,1-5H3;3-6H,2H2,1H3. The van der Waals surface area contributed by atoms with Crippen LogP contribution in [0.4, 0.5) is 18.9 Å². The lowest BCUT2D eigenvalue weighted by Gasteiger charge is -2.41. The molecule has 0 aromatic heterocycles. The quantitative estimate of drug-likeness (QED) is 0.326. The second-order valence-electron chi connectivity index (χ2n) is 8.87. The number of hydrogen-bond acceptors (Lipinski definition) is 2. The van der Waals surface area contributed by atoms with Crippen LogP contribution in [0.5, 0.6) is 5.75 Å². The zero-order chi connectivity index (χ0) is 26.9. The van der Waals surface area contributed by atoms with Gasteiger partial charge in [-0.05, 0) is 80.6 Å². The van der Waals surface area contributed by atoms with E-state index in [-0.39, 0.29) is 11.4 Å². The minimum absolute atomic E-state index is 0.0458. The molecule has 0 aliphatic rings. The van der Waals surface area contributed by atoms with Gasteiger partial charge >= 0.3 is 6.18 Å². The first-order valence-corrected chi connectivity index (χ1v) is 12.2. The van der Waals surface area contributed by atoms with Crippen LogP contribution in [-0.4, -0.2) is 18.6 Å². The first kappa shape index (κ1) is 29.0. The number of rotatable bonds is 7. The fraction of sp³-hybridized carbons (Fsp3) is 0.367. The van der Waals surface area contributed by atoms with Gasteiger partial charge < -0.3 is 9.64 Å². The van der Waals surface area contributed by atoms with E-state index in [1.165, 1.54) is 12.1 Å². The lowest BCUT2D eigenvalue weighted by molar-refractivity contribution is -0.138. The molecule has 6 heteroatoms. The lowest BCUT2D eigenvalue weighted by atomic mass is 9.91. The van der Waals surface area contributed by atoms with Crippen molar-refractivity contribution >= 4 is 11.6 Å². The van der Waals surface area contributed by atoms with Crippen LogP contribution in [0, 0.1) is 6.92 Å². The monoisotopic (exact) mass is 499 g/mol. The molecule has 0 bridgehead atoms. The van der Waals surface area contributed by atoms with Crippen molar-refractivity contribution in [2.24, 2.45) is 0 Å². The number of nitrogens with zero attached hydrogens (tertiary/aromatic N) is 1. The van der Waals surface area contributed by atoms with E-state index in [4.69, 9.17) is 4.74 Å². The number of methoxy groups -OCH3 is 1. The van der Waals surface area contributed by atoms with Gasteiger partial charge in [0.25, 0.3) is 5.91 Å². The molecule has 0 aliphatic carbocycles. The number of anilines is 1. The Kier molecular flexibility index (Phi) is 10.1. The Morgan fingerprint density at radius 3 is 1.89 bits per heavy atom. The van der Waals surface area contributed by atoms with E-state index in [2.05, 4.69) is 20.8 Å². The summed E-state index contributed by atoms with van der Waals surface area (Å²) in [6.45, 7) is 10.1. The first-order chi connectivity index (χ1) is 17.0. The molecule has 0 saturated carbocycles. The maximum Gasteiger partial charge on any atom is 0.416 e. The van der Waals surface area contributed by atoms with Crippen molar-refractivity contribution in [3.8, 4) is 5.75 Å². The predicted octanol–water partition coefficient (Wildman–Crippen LogP) is 8.50. The fourth-order valence-corrected chi connectivity index (χ4v) is 4.01. The molecule has 3 rings (SSSR count). The van der Waals surface area contributed by atoms with Gasteiger partial charge in [0, 0.05) is 16.8 Å². The molecular formula is C30H36F3NO2. The van der Waals surface area contributed by atoms with Gasteiger partial charge in [-0.2, -0.15) is 13.2 Å². The minimum Gasteiger partial charge on any atom is -0.497 e.